The number of imide groups is 1. The van der Waals surface area contributed by atoms with Crippen LogP contribution in [-0.2, 0) is 18.9 Å². The van der Waals surface area contributed by atoms with Crippen molar-refractivity contribution in [2.45, 2.75) is 36.9 Å². The molecule has 0 radical (unpaired) electrons. The Morgan fingerprint density at radius 1 is 0.967 bits per heavy atom. The normalized spacial score (nSPS) is 33.3. The minimum Gasteiger partial charge on any atom is -0.386 e. The number of aliphatic hydroxyl groups excluding tert-OH is 1. The lowest BCUT2D eigenvalue weighted by atomic mass is 9.93. The molecule has 8 nitrogen and oxygen atoms in total. The van der Waals surface area contributed by atoms with Crippen molar-refractivity contribution in [3.05, 3.63) is 71.3 Å². The van der Waals surface area contributed by atoms with Gasteiger partial charge < -0.3 is 24.1 Å². The summed E-state index contributed by atoms with van der Waals surface area (Å²) in [5.41, 5.74) is 1.40. The van der Waals surface area contributed by atoms with Gasteiger partial charge in [-0.3, -0.25) is 14.5 Å². The number of rotatable bonds is 3. The van der Waals surface area contributed by atoms with E-state index in [1.807, 2.05) is 30.3 Å². The van der Waals surface area contributed by atoms with Crippen LogP contribution in [0.5, 0.6) is 0 Å². The minimum absolute atomic E-state index is 0.163. The second-order valence-electron chi connectivity index (χ2n) is 7.46. The van der Waals surface area contributed by atoms with Crippen LogP contribution in [0.1, 0.15) is 32.6 Å². The standard InChI is InChI=1S/C22H21NO7/c1-27-22-17(24)16(23-19(25)13-9-5-6-10-14(13)20(23)26)18-15(29-22)11-28-21(30-18)12-7-3-2-4-8-12/h2-10,15-18,21-22,24H,11H2,1H3/t15-,16+,17+,18-,21?,22+/m1/s1. The molecule has 3 aliphatic rings. The van der Waals surface area contributed by atoms with Gasteiger partial charge in [-0.05, 0) is 12.1 Å². The number of benzene rings is 2. The zero-order valence-electron chi connectivity index (χ0n) is 16.2. The molecule has 2 aromatic rings. The fraction of sp³-hybridized carbons (Fsp3) is 0.364. The molecule has 2 fully saturated rings. The van der Waals surface area contributed by atoms with Gasteiger partial charge in [0.05, 0.1) is 17.7 Å². The average Bonchev–Trinajstić information content (AvgIpc) is 3.04. The van der Waals surface area contributed by atoms with E-state index in [4.69, 9.17) is 18.9 Å². The van der Waals surface area contributed by atoms with Gasteiger partial charge in [-0.1, -0.05) is 42.5 Å². The molecule has 0 aromatic heterocycles. The molecule has 3 heterocycles. The highest BCUT2D eigenvalue weighted by atomic mass is 16.7. The monoisotopic (exact) mass is 411 g/mol. The molecule has 2 amide bonds. The first-order valence-corrected chi connectivity index (χ1v) is 9.75. The molecule has 8 heteroatoms. The summed E-state index contributed by atoms with van der Waals surface area (Å²) in [5, 5.41) is 11.0. The quantitative estimate of drug-likeness (QED) is 0.765. The molecule has 0 spiro atoms. The molecule has 5 rings (SSSR count). The van der Waals surface area contributed by atoms with E-state index in [1.165, 1.54) is 7.11 Å². The zero-order chi connectivity index (χ0) is 20.8. The van der Waals surface area contributed by atoms with Crippen LogP contribution in [-0.4, -0.2) is 66.2 Å². The van der Waals surface area contributed by atoms with Crippen LogP contribution >= 0.6 is 0 Å². The Hall–Kier alpha value is -2.62. The Morgan fingerprint density at radius 3 is 2.23 bits per heavy atom. The molecule has 1 N–H and O–H groups in total. The topological polar surface area (TPSA) is 94.5 Å². The SMILES string of the molecule is CO[C@H]1O[C@@H]2COC(c3ccccc3)O[C@H]2[C@@H](N2C(=O)c3ccccc3C2=O)[C@@H]1O. The Labute approximate surface area is 172 Å². The third kappa shape index (κ3) is 2.96. The molecular formula is C22H21NO7. The summed E-state index contributed by atoms with van der Waals surface area (Å²) in [5.74, 6) is -0.942. The summed E-state index contributed by atoms with van der Waals surface area (Å²) >= 11 is 0. The molecule has 6 atom stereocenters. The maximum absolute atomic E-state index is 13.1. The van der Waals surface area contributed by atoms with Crippen LogP contribution in [0, 0.1) is 0 Å². The molecule has 0 aliphatic carbocycles. The fourth-order valence-electron chi connectivity index (χ4n) is 4.33. The number of fused-ring (bicyclic) bond motifs is 2. The van der Waals surface area contributed by atoms with Crippen molar-refractivity contribution in [2.24, 2.45) is 0 Å². The van der Waals surface area contributed by atoms with E-state index in [0.717, 1.165) is 10.5 Å². The van der Waals surface area contributed by atoms with Gasteiger partial charge in [-0.25, -0.2) is 0 Å². The lowest BCUT2D eigenvalue weighted by Gasteiger charge is -2.49. The van der Waals surface area contributed by atoms with Gasteiger partial charge in [0.1, 0.15) is 24.4 Å². The van der Waals surface area contributed by atoms with Gasteiger partial charge >= 0.3 is 0 Å². The van der Waals surface area contributed by atoms with Gasteiger partial charge in [-0.15, -0.1) is 0 Å². The van der Waals surface area contributed by atoms with Crippen molar-refractivity contribution in [1.29, 1.82) is 0 Å². The average molecular weight is 411 g/mol. The lowest BCUT2D eigenvalue weighted by molar-refractivity contribution is -0.345. The van der Waals surface area contributed by atoms with Crippen molar-refractivity contribution in [1.82, 2.24) is 4.90 Å². The Balaban J connectivity index is 1.51. The lowest BCUT2D eigenvalue weighted by Crippen LogP contribution is -2.68. The number of methoxy groups -OCH3 is 1. The Bertz CT molecular complexity index is 930. The highest BCUT2D eigenvalue weighted by Crippen LogP contribution is 2.38. The summed E-state index contributed by atoms with van der Waals surface area (Å²) in [7, 11) is 1.39. The van der Waals surface area contributed by atoms with Gasteiger partial charge in [0, 0.05) is 12.7 Å². The van der Waals surface area contributed by atoms with Crippen molar-refractivity contribution in [3.8, 4) is 0 Å². The van der Waals surface area contributed by atoms with Crippen LogP contribution in [0.2, 0.25) is 0 Å². The van der Waals surface area contributed by atoms with E-state index in [1.54, 1.807) is 24.3 Å². The first-order chi connectivity index (χ1) is 14.6. The van der Waals surface area contributed by atoms with Gasteiger partial charge in [0.2, 0.25) is 0 Å². The van der Waals surface area contributed by atoms with Crippen LogP contribution < -0.4 is 0 Å². The first-order valence-electron chi connectivity index (χ1n) is 9.75. The maximum atomic E-state index is 13.1. The van der Waals surface area contributed by atoms with Crippen molar-refractivity contribution in [3.63, 3.8) is 0 Å². The highest BCUT2D eigenvalue weighted by Gasteiger charge is 2.56. The summed E-state index contributed by atoms with van der Waals surface area (Å²) in [6.45, 7) is 0.163. The second kappa shape index (κ2) is 7.57. The number of nitrogens with zero attached hydrogens (tertiary/aromatic N) is 1. The van der Waals surface area contributed by atoms with Gasteiger partial charge in [0.25, 0.3) is 11.8 Å². The third-order valence-electron chi connectivity index (χ3n) is 5.76. The highest BCUT2D eigenvalue weighted by molar-refractivity contribution is 6.21. The van der Waals surface area contributed by atoms with Crippen LogP contribution in [0.4, 0.5) is 0 Å². The van der Waals surface area contributed by atoms with E-state index in [9.17, 15) is 14.7 Å². The molecule has 156 valence electrons. The zero-order valence-corrected chi connectivity index (χ0v) is 16.2. The fourth-order valence-corrected chi connectivity index (χ4v) is 4.33. The number of amides is 2. The predicted molar refractivity (Wildman–Crippen MR) is 102 cm³/mol. The maximum Gasteiger partial charge on any atom is 0.261 e. The smallest absolute Gasteiger partial charge is 0.261 e. The number of carbonyl (C=O) groups is 2. The van der Waals surface area contributed by atoms with E-state index < -0.39 is 48.7 Å². The number of ether oxygens (including phenoxy) is 4. The van der Waals surface area contributed by atoms with Crippen molar-refractivity contribution >= 4 is 11.8 Å². The van der Waals surface area contributed by atoms with Crippen LogP contribution in [0.25, 0.3) is 0 Å². The number of carbonyl (C=O) groups excluding carboxylic acids is 2. The van der Waals surface area contributed by atoms with E-state index in [2.05, 4.69) is 0 Å². The minimum atomic E-state index is -1.28. The number of hydrogen-bond donors (Lipinski definition) is 1. The van der Waals surface area contributed by atoms with E-state index in [-0.39, 0.29) is 6.61 Å². The molecule has 2 aromatic carbocycles. The molecular weight excluding hydrogens is 390 g/mol. The van der Waals surface area contributed by atoms with Crippen LogP contribution in [0.15, 0.2) is 54.6 Å². The molecule has 2 saturated heterocycles. The first kappa shape index (κ1) is 19.3. The molecule has 0 saturated carbocycles. The van der Waals surface area contributed by atoms with Crippen molar-refractivity contribution < 1.29 is 33.6 Å². The third-order valence-corrected chi connectivity index (χ3v) is 5.76. The Kier molecular flexibility index (Phi) is 4.88. The van der Waals surface area contributed by atoms with Crippen molar-refractivity contribution in [2.75, 3.05) is 13.7 Å². The molecule has 0 bridgehead atoms. The summed E-state index contributed by atoms with van der Waals surface area (Å²) < 4.78 is 23.0. The Morgan fingerprint density at radius 2 is 1.60 bits per heavy atom. The van der Waals surface area contributed by atoms with Gasteiger partial charge in [0.15, 0.2) is 12.6 Å². The van der Waals surface area contributed by atoms with Gasteiger partial charge in [-0.2, -0.15) is 0 Å². The van der Waals surface area contributed by atoms with Crippen LogP contribution in [0.3, 0.4) is 0 Å². The largest absolute Gasteiger partial charge is 0.386 e. The number of aliphatic hydroxyl groups is 1. The summed E-state index contributed by atoms with van der Waals surface area (Å²) in [6, 6.07) is 14.9. The molecule has 1 unspecified atom stereocenters. The summed E-state index contributed by atoms with van der Waals surface area (Å²) in [6.07, 6.45) is -4.42. The molecule has 3 aliphatic heterocycles. The second-order valence-corrected chi connectivity index (χ2v) is 7.46. The number of hydrogen-bond acceptors (Lipinski definition) is 7. The van der Waals surface area contributed by atoms with E-state index >= 15 is 0 Å². The predicted octanol–water partition coefficient (Wildman–Crippen LogP) is 1.50. The van der Waals surface area contributed by atoms with E-state index in [0.29, 0.717) is 11.1 Å². The molecule has 30 heavy (non-hydrogen) atoms. The summed E-state index contributed by atoms with van der Waals surface area (Å²) in [4.78, 5) is 27.3.